The minimum absolute atomic E-state index is 0.00403. The molecule has 0 bridgehead atoms. The Kier molecular flexibility index (Phi) is 4.16. The van der Waals surface area contributed by atoms with Crippen LogP contribution in [0.15, 0.2) is 30.3 Å². The number of nitrogens with one attached hydrogen (secondary N) is 1. The lowest BCUT2D eigenvalue weighted by Crippen LogP contribution is -2.36. The van der Waals surface area contributed by atoms with Crippen molar-refractivity contribution in [3.05, 3.63) is 47.3 Å². The Morgan fingerprint density at radius 3 is 2.74 bits per heavy atom. The van der Waals surface area contributed by atoms with Gasteiger partial charge in [-0.25, -0.2) is 13.1 Å². The van der Waals surface area contributed by atoms with Gasteiger partial charge in [0.1, 0.15) is 0 Å². The van der Waals surface area contributed by atoms with E-state index in [4.69, 9.17) is 0 Å². The summed E-state index contributed by atoms with van der Waals surface area (Å²) in [5, 5.41) is 10.7. The standard InChI is InChI=1S/C15H18N4O3S/c1-11-14(15(20)16-13-7-8-23(21,22)10-13)17-18-19(11)9-12-5-3-2-4-6-12/h2-6,13H,7-10H2,1H3,(H,16,20). The van der Waals surface area contributed by atoms with Crippen LogP contribution in [0.2, 0.25) is 0 Å². The van der Waals surface area contributed by atoms with Gasteiger partial charge in [-0.3, -0.25) is 4.79 Å². The third-order valence-electron chi connectivity index (χ3n) is 3.94. The van der Waals surface area contributed by atoms with E-state index in [1.54, 1.807) is 11.6 Å². The predicted molar refractivity (Wildman–Crippen MR) is 84.8 cm³/mol. The summed E-state index contributed by atoms with van der Waals surface area (Å²) in [7, 11) is -3.02. The summed E-state index contributed by atoms with van der Waals surface area (Å²) in [5.74, 6) is -0.253. The fourth-order valence-electron chi connectivity index (χ4n) is 2.64. The van der Waals surface area contributed by atoms with E-state index in [0.717, 1.165) is 5.56 Å². The van der Waals surface area contributed by atoms with Crippen LogP contribution in [-0.2, 0) is 16.4 Å². The lowest BCUT2D eigenvalue weighted by Gasteiger charge is -2.09. The highest BCUT2D eigenvalue weighted by Gasteiger charge is 2.30. The van der Waals surface area contributed by atoms with Gasteiger partial charge in [0, 0.05) is 6.04 Å². The number of nitrogens with zero attached hydrogens (tertiary/aromatic N) is 3. The second-order valence-corrected chi connectivity index (χ2v) is 7.97. The van der Waals surface area contributed by atoms with E-state index in [1.807, 2.05) is 30.3 Å². The Hall–Kier alpha value is -2.22. The molecular formula is C15H18N4O3S. The fraction of sp³-hybridized carbons (Fsp3) is 0.400. The Morgan fingerprint density at radius 1 is 1.35 bits per heavy atom. The maximum atomic E-state index is 12.3. The van der Waals surface area contributed by atoms with Gasteiger partial charge < -0.3 is 5.32 Å². The number of hydrogen-bond acceptors (Lipinski definition) is 5. The molecule has 1 amide bonds. The molecule has 122 valence electrons. The van der Waals surface area contributed by atoms with Crippen LogP contribution in [0.4, 0.5) is 0 Å². The lowest BCUT2D eigenvalue weighted by atomic mass is 10.2. The molecule has 3 rings (SSSR count). The molecule has 1 atom stereocenters. The molecule has 1 fully saturated rings. The van der Waals surface area contributed by atoms with Crippen molar-refractivity contribution in [3.63, 3.8) is 0 Å². The molecule has 7 nitrogen and oxygen atoms in total. The van der Waals surface area contributed by atoms with Gasteiger partial charge in [-0.2, -0.15) is 0 Å². The first-order valence-electron chi connectivity index (χ1n) is 7.40. The maximum absolute atomic E-state index is 12.3. The average molecular weight is 334 g/mol. The monoisotopic (exact) mass is 334 g/mol. The van der Waals surface area contributed by atoms with Crippen molar-refractivity contribution in [2.45, 2.75) is 25.9 Å². The Balaban J connectivity index is 1.70. The van der Waals surface area contributed by atoms with Gasteiger partial charge >= 0.3 is 0 Å². The normalized spacial score (nSPS) is 19.6. The van der Waals surface area contributed by atoms with Crippen LogP contribution in [-0.4, -0.2) is 46.9 Å². The first kappa shape index (κ1) is 15.7. The molecule has 1 aromatic carbocycles. The number of amides is 1. The molecule has 0 saturated carbocycles. The zero-order valence-corrected chi connectivity index (χ0v) is 13.6. The average Bonchev–Trinajstić information content (AvgIpc) is 3.03. The summed E-state index contributed by atoms with van der Waals surface area (Å²) in [6.07, 6.45) is 0.450. The summed E-state index contributed by atoms with van der Waals surface area (Å²) in [4.78, 5) is 12.3. The second-order valence-electron chi connectivity index (χ2n) is 5.74. The van der Waals surface area contributed by atoms with Crippen molar-refractivity contribution >= 4 is 15.7 Å². The zero-order valence-electron chi connectivity index (χ0n) is 12.8. The molecule has 1 unspecified atom stereocenters. The molecule has 2 heterocycles. The largest absolute Gasteiger partial charge is 0.347 e. The number of hydrogen-bond donors (Lipinski definition) is 1. The molecule has 8 heteroatoms. The molecule has 1 aliphatic heterocycles. The summed E-state index contributed by atoms with van der Waals surface area (Å²) in [6, 6.07) is 9.43. The Bertz CT molecular complexity index is 815. The highest BCUT2D eigenvalue weighted by molar-refractivity contribution is 7.91. The van der Waals surface area contributed by atoms with E-state index in [1.165, 1.54) is 0 Å². The van der Waals surface area contributed by atoms with Gasteiger partial charge in [0.2, 0.25) is 0 Å². The van der Waals surface area contributed by atoms with Gasteiger partial charge in [-0.05, 0) is 18.9 Å². The van der Waals surface area contributed by atoms with Crippen LogP contribution in [0.5, 0.6) is 0 Å². The maximum Gasteiger partial charge on any atom is 0.273 e. The summed E-state index contributed by atoms with van der Waals surface area (Å²) in [5.41, 5.74) is 1.96. The number of benzene rings is 1. The van der Waals surface area contributed by atoms with Crippen LogP contribution in [0.25, 0.3) is 0 Å². The third kappa shape index (κ3) is 3.58. The number of sulfone groups is 1. The number of carbonyl (C=O) groups is 1. The van der Waals surface area contributed by atoms with Gasteiger partial charge in [0.15, 0.2) is 15.5 Å². The van der Waals surface area contributed by atoms with Crippen molar-refractivity contribution in [1.82, 2.24) is 20.3 Å². The van der Waals surface area contributed by atoms with Crippen LogP contribution in [0.1, 0.15) is 28.2 Å². The zero-order chi connectivity index (χ0) is 16.4. The number of carbonyl (C=O) groups excluding carboxylic acids is 1. The topological polar surface area (TPSA) is 93.9 Å². The highest BCUT2D eigenvalue weighted by Crippen LogP contribution is 2.13. The van der Waals surface area contributed by atoms with E-state index in [-0.39, 0.29) is 29.1 Å². The summed E-state index contributed by atoms with van der Waals surface area (Å²) >= 11 is 0. The molecule has 1 N–H and O–H groups in total. The lowest BCUT2D eigenvalue weighted by molar-refractivity contribution is 0.0935. The minimum atomic E-state index is -3.02. The fourth-order valence-corrected chi connectivity index (χ4v) is 4.31. The van der Waals surface area contributed by atoms with Crippen LogP contribution in [0, 0.1) is 6.92 Å². The molecule has 2 aromatic rings. The quantitative estimate of drug-likeness (QED) is 0.881. The second kappa shape index (κ2) is 6.11. The van der Waals surface area contributed by atoms with Crippen LogP contribution >= 0.6 is 0 Å². The predicted octanol–water partition coefficient (Wildman–Crippen LogP) is 0.552. The van der Waals surface area contributed by atoms with Crippen molar-refractivity contribution in [1.29, 1.82) is 0 Å². The van der Waals surface area contributed by atoms with Gasteiger partial charge in [-0.15, -0.1) is 5.10 Å². The summed E-state index contributed by atoms with van der Waals surface area (Å²) in [6.45, 7) is 2.31. The van der Waals surface area contributed by atoms with Crippen LogP contribution in [0.3, 0.4) is 0 Å². The molecule has 1 aromatic heterocycles. The van der Waals surface area contributed by atoms with Crippen LogP contribution < -0.4 is 5.32 Å². The van der Waals surface area contributed by atoms with Gasteiger partial charge in [0.05, 0.1) is 23.7 Å². The molecule has 0 aliphatic carbocycles. The highest BCUT2D eigenvalue weighted by atomic mass is 32.2. The van der Waals surface area contributed by atoms with Gasteiger partial charge in [0.25, 0.3) is 5.91 Å². The molecule has 1 aliphatic rings. The van der Waals surface area contributed by atoms with E-state index in [0.29, 0.717) is 18.7 Å². The van der Waals surface area contributed by atoms with Crippen molar-refractivity contribution in [2.75, 3.05) is 11.5 Å². The first-order chi connectivity index (χ1) is 10.9. The Morgan fingerprint density at radius 2 is 2.09 bits per heavy atom. The van der Waals surface area contributed by atoms with E-state index >= 15 is 0 Å². The Labute approximate surface area is 134 Å². The SMILES string of the molecule is Cc1c(C(=O)NC2CCS(=O)(=O)C2)nnn1Cc1ccccc1. The van der Waals surface area contributed by atoms with Gasteiger partial charge in [-0.1, -0.05) is 35.5 Å². The van der Waals surface area contributed by atoms with Crippen molar-refractivity contribution in [2.24, 2.45) is 0 Å². The van der Waals surface area contributed by atoms with Crippen molar-refractivity contribution < 1.29 is 13.2 Å². The smallest absolute Gasteiger partial charge is 0.273 e. The van der Waals surface area contributed by atoms with E-state index in [9.17, 15) is 13.2 Å². The summed E-state index contributed by atoms with van der Waals surface area (Å²) < 4.78 is 24.6. The van der Waals surface area contributed by atoms with Crippen molar-refractivity contribution in [3.8, 4) is 0 Å². The van der Waals surface area contributed by atoms with E-state index in [2.05, 4.69) is 15.6 Å². The first-order valence-corrected chi connectivity index (χ1v) is 9.22. The molecular weight excluding hydrogens is 316 g/mol. The number of rotatable bonds is 4. The third-order valence-corrected chi connectivity index (χ3v) is 5.71. The van der Waals surface area contributed by atoms with E-state index < -0.39 is 9.84 Å². The number of aromatic nitrogens is 3. The molecule has 0 spiro atoms. The molecule has 1 saturated heterocycles. The minimum Gasteiger partial charge on any atom is -0.347 e. The molecule has 23 heavy (non-hydrogen) atoms. The molecule has 0 radical (unpaired) electrons.